The summed E-state index contributed by atoms with van der Waals surface area (Å²) in [6, 6.07) is 22.2. The molecule has 9 heteroatoms. The van der Waals surface area contributed by atoms with Crippen LogP contribution in [0.4, 0.5) is 5.69 Å². The van der Waals surface area contributed by atoms with Gasteiger partial charge < -0.3 is 19.5 Å². The normalized spacial score (nSPS) is 19.5. The van der Waals surface area contributed by atoms with Crippen LogP contribution in [0.2, 0.25) is 0 Å². The number of Topliss-reactive ketones (excluding diaryl/α,β-unsaturated/α-hetero) is 1. The molecule has 0 bridgehead atoms. The molecule has 0 amide bonds. The Labute approximate surface area is 236 Å². The number of carbonyl (C=O) groups excluding carboxylic acids is 2. The molecule has 0 spiro atoms. The van der Waals surface area contributed by atoms with Crippen molar-refractivity contribution in [2.45, 2.75) is 38.0 Å². The quantitative estimate of drug-likeness (QED) is 0.233. The predicted molar refractivity (Wildman–Crippen MR) is 149 cm³/mol. The maximum Gasteiger partial charge on any atom is 0.336 e. The lowest BCUT2D eigenvalue weighted by molar-refractivity contribution is -0.385. The van der Waals surface area contributed by atoms with Crippen LogP contribution in [0.5, 0.6) is 11.5 Å². The highest BCUT2D eigenvalue weighted by molar-refractivity contribution is 6.04. The number of fused-ring (bicyclic) bond motifs is 1. The van der Waals surface area contributed by atoms with E-state index in [1.54, 1.807) is 6.92 Å². The first-order valence-corrected chi connectivity index (χ1v) is 13.5. The van der Waals surface area contributed by atoms with E-state index in [4.69, 9.17) is 14.2 Å². The van der Waals surface area contributed by atoms with Crippen molar-refractivity contribution in [1.82, 2.24) is 5.32 Å². The molecule has 2 heterocycles. The summed E-state index contributed by atoms with van der Waals surface area (Å²) in [7, 11) is 0. The number of rotatable bonds is 7. The highest BCUT2D eigenvalue weighted by atomic mass is 16.7. The van der Waals surface area contributed by atoms with Crippen molar-refractivity contribution >= 4 is 17.4 Å². The molecule has 2 aliphatic heterocycles. The summed E-state index contributed by atoms with van der Waals surface area (Å²) >= 11 is 0. The minimum absolute atomic E-state index is 0.0606. The van der Waals surface area contributed by atoms with Crippen molar-refractivity contribution in [3.63, 3.8) is 0 Å². The summed E-state index contributed by atoms with van der Waals surface area (Å²) in [6.07, 6.45) is 1.25. The molecule has 9 nitrogen and oxygen atoms in total. The van der Waals surface area contributed by atoms with Crippen LogP contribution in [0, 0.1) is 10.1 Å². The van der Waals surface area contributed by atoms with Gasteiger partial charge in [0.1, 0.15) is 0 Å². The van der Waals surface area contributed by atoms with E-state index in [0.29, 0.717) is 35.6 Å². The van der Waals surface area contributed by atoms with Crippen LogP contribution in [0.3, 0.4) is 0 Å². The van der Waals surface area contributed by atoms with Gasteiger partial charge in [0.05, 0.1) is 29.1 Å². The fraction of sp³-hybridized carbons (Fsp3) is 0.250. The third kappa shape index (κ3) is 5.06. The smallest absolute Gasteiger partial charge is 0.336 e. The van der Waals surface area contributed by atoms with E-state index in [1.807, 2.05) is 60.7 Å². The molecule has 0 fully saturated rings. The molecule has 41 heavy (non-hydrogen) atoms. The molecule has 0 radical (unpaired) electrons. The Bertz CT molecular complexity index is 1590. The van der Waals surface area contributed by atoms with Gasteiger partial charge in [-0.2, -0.15) is 0 Å². The number of ketones is 1. The molecule has 3 aliphatic rings. The zero-order valence-electron chi connectivity index (χ0n) is 22.4. The molecule has 0 saturated carbocycles. The SMILES string of the molecule is CC1=C(C(=O)OCCc2ccccc2)[C@H](c2cc3c(cc2[N+](=O)[O-])OCO3)C2=C(C[C@@H](c3ccccc3)CC2=O)N1. The summed E-state index contributed by atoms with van der Waals surface area (Å²) in [5.74, 6) is -1.30. The number of esters is 1. The maximum atomic E-state index is 13.9. The first-order valence-electron chi connectivity index (χ1n) is 13.5. The number of nitro groups is 1. The number of nitrogens with one attached hydrogen (secondary N) is 1. The molecule has 1 N–H and O–H groups in total. The van der Waals surface area contributed by atoms with Crippen molar-refractivity contribution in [3.8, 4) is 11.5 Å². The highest BCUT2D eigenvalue weighted by Crippen LogP contribution is 2.50. The van der Waals surface area contributed by atoms with Crippen LogP contribution in [-0.4, -0.2) is 30.1 Å². The second kappa shape index (κ2) is 10.9. The average Bonchev–Trinajstić information content (AvgIpc) is 3.44. The summed E-state index contributed by atoms with van der Waals surface area (Å²) < 4.78 is 16.6. The molecule has 6 rings (SSSR count). The minimum Gasteiger partial charge on any atom is -0.462 e. The molecule has 3 aromatic rings. The van der Waals surface area contributed by atoms with Crippen LogP contribution >= 0.6 is 0 Å². The van der Waals surface area contributed by atoms with E-state index in [-0.39, 0.29) is 54.1 Å². The lowest BCUT2D eigenvalue weighted by atomic mass is 9.71. The Balaban J connectivity index is 1.41. The van der Waals surface area contributed by atoms with Gasteiger partial charge in [-0.15, -0.1) is 0 Å². The van der Waals surface area contributed by atoms with Gasteiger partial charge in [-0.05, 0) is 36.5 Å². The number of dihydropyridines is 1. The topological polar surface area (TPSA) is 117 Å². The maximum absolute atomic E-state index is 13.9. The summed E-state index contributed by atoms with van der Waals surface area (Å²) in [5, 5.41) is 15.6. The Morgan fingerprint density at radius 2 is 1.71 bits per heavy atom. The largest absolute Gasteiger partial charge is 0.462 e. The van der Waals surface area contributed by atoms with Crippen molar-refractivity contribution in [2.75, 3.05) is 13.4 Å². The third-order valence-electron chi connectivity index (χ3n) is 7.81. The number of benzene rings is 3. The lowest BCUT2D eigenvalue weighted by Crippen LogP contribution is -2.36. The first-order chi connectivity index (χ1) is 19.9. The van der Waals surface area contributed by atoms with Gasteiger partial charge in [0, 0.05) is 35.4 Å². The number of ether oxygens (including phenoxy) is 3. The van der Waals surface area contributed by atoms with E-state index in [2.05, 4.69) is 5.32 Å². The lowest BCUT2D eigenvalue weighted by Gasteiger charge is -2.36. The van der Waals surface area contributed by atoms with Crippen LogP contribution in [0.25, 0.3) is 0 Å². The minimum atomic E-state index is -1.01. The standard InChI is InChI=1S/C32H28N2O7/c1-19-29(32(36)39-13-12-20-8-4-2-5-9-20)30(23-16-27-28(41-18-40-27)17-25(23)34(37)38)31-24(33-19)14-22(15-26(31)35)21-10-6-3-7-11-21/h2-11,16-17,22,30,33H,12-15,18H2,1H3/t22-,30+/m1/s1. The third-order valence-corrected chi connectivity index (χ3v) is 7.81. The van der Waals surface area contributed by atoms with Gasteiger partial charge in [-0.3, -0.25) is 14.9 Å². The number of nitrogens with zero attached hydrogens (tertiary/aromatic N) is 1. The van der Waals surface area contributed by atoms with E-state index < -0.39 is 16.8 Å². The van der Waals surface area contributed by atoms with Gasteiger partial charge in [0.15, 0.2) is 17.3 Å². The van der Waals surface area contributed by atoms with Crippen molar-refractivity contribution < 1.29 is 28.7 Å². The van der Waals surface area contributed by atoms with Crippen LogP contribution in [0.1, 0.15) is 48.3 Å². The molecule has 2 atom stereocenters. The molecule has 208 valence electrons. The summed E-state index contributed by atoms with van der Waals surface area (Å²) in [6.45, 7) is 1.78. The molecule has 0 saturated heterocycles. The Hall–Kier alpha value is -4.92. The fourth-order valence-electron chi connectivity index (χ4n) is 5.90. The second-order valence-electron chi connectivity index (χ2n) is 10.3. The first kappa shape index (κ1) is 26.3. The van der Waals surface area contributed by atoms with Gasteiger partial charge in [0.2, 0.25) is 6.79 Å². The summed E-state index contributed by atoms with van der Waals surface area (Å²) in [4.78, 5) is 39.3. The number of hydrogen-bond acceptors (Lipinski definition) is 8. The zero-order chi connectivity index (χ0) is 28.5. The average molecular weight is 553 g/mol. The Kier molecular flexibility index (Phi) is 7.01. The Morgan fingerprint density at radius 3 is 2.41 bits per heavy atom. The van der Waals surface area contributed by atoms with Gasteiger partial charge in [-0.25, -0.2) is 4.79 Å². The number of carbonyl (C=O) groups is 2. The van der Waals surface area contributed by atoms with Crippen molar-refractivity contribution in [2.24, 2.45) is 0 Å². The highest BCUT2D eigenvalue weighted by Gasteiger charge is 2.44. The number of hydrogen-bond donors (Lipinski definition) is 1. The zero-order valence-corrected chi connectivity index (χ0v) is 22.4. The van der Waals surface area contributed by atoms with E-state index in [1.165, 1.54) is 12.1 Å². The fourth-order valence-corrected chi connectivity index (χ4v) is 5.90. The predicted octanol–water partition coefficient (Wildman–Crippen LogP) is 5.47. The van der Waals surface area contributed by atoms with Gasteiger partial charge >= 0.3 is 5.97 Å². The molecule has 0 aromatic heterocycles. The van der Waals surface area contributed by atoms with Crippen molar-refractivity contribution in [3.05, 3.63) is 122 Å². The van der Waals surface area contributed by atoms with Gasteiger partial charge in [0.25, 0.3) is 5.69 Å². The Morgan fingerprint density at radius 1 is 1.02 bits per heavy atom. The van der Waals surface area contributed by atoms with Crippen molar-refractivity contribution in [1.29, 1.82) is 0 Å². The number of nitro benzene ring substituents is 1. The molecule has 3 aromatic carbocycles. The second-order valence-corrected chi connectivity index (χ2v) is 10.3. The molecule has 0 unspecified atom stereocenters. The van der Waals surface area contributed by atoms with Crippen LogP contribution in [-0.2, 0) is 20.7 Å². The van der Waals surface area contributed by atoms with E-state index in [9.17, 15) is 19.7 Å². The van der Waals surface area contributed by atoms with Crippen LogP contribution in [0.15, 0.2) is 95.3 Å². The molecular weight excluding hydrogens is 524 g/mol. The van der Waals surface area contributed by atoms with Crippen LogP contribution < -0.4 is 14.8 Å². The number of allylic oxidation sites excluding steroid dienone is 3. The summed E-state index contributed by atoms with van der Waals surface area (Å²) in [5.41, 5.74) is 3.65. The monoisotopic (exact) mass is 552 g/mol. The molecule has 1 aliphatic carbocycles. The van der Waals surface area contributed by atoms with E-state index in [0.717, 1.165) is 11.1 Å². The van der Waals surface area contributed by atoms with Gasteiger partial charge in [-0.1, -0.05) is 60.7 Å². The van der Waals surface area contributed by atoms with E-state index >= 15 is 0 Å². The molecular formula is C32H28N2O7.